The number of nitrogen functional groups attached to an aromatic ring is 1. The molecule has 3 heterocycles. The molecule has 0 unspecified atom stereocenters. The molecule has 1 atom stereocenters. The van der Waals surface area contributed by atoms with Gasteiger partial charge in [-0.1, -0.05) is 37.6 Å². The van der Waals surface area contributed by atoms with E-state index < -0.39 is 0 Å². The first-order chi connectivity index (χ1) is 20.3. The second-order valence-electron chi connectivity index (χ2n) is 10.6. The van der Waals surface area contributed by atoms with Gasteiger partial charge >= 0.3 is 17.7 Å². The molecule has 0 aliphatic carbocycles. The van der Waals surface area contributed by atoms with Gasteiger partial charge in [-0.25, -0.2) is 14.3 Å². The first kappa shape index (κ1) is 31.0. The Hall–Kier alpha value is -3.97. The van der Waals surface area contributed by atoms with Crippen LogP contribution in [0.1, 0.15) is 50.2 Å². The Morgan fingerprint density at radius 3 is 2.71 bits per heavy atom. The van der Waals surface area contributed by atoms with Crippen LogP contribution >= 0.6 is 0 Å². The lowest BCUT2D eigenvalue weighted by atomic mass is 10.1. The summed E-state index contributed by atoms with van der Waals surface area (Å²) < 4.78 is 12.0. The number of nitrogens with one attached hydrogen (secondary N) is 2. The molecule has 5 N–H and O–H groups in total. The number of carbonyl (C=O) groups excluding carboxylic acids is 2. The summed E-state index contributed by atoms with van der Waals surface area (Å²) in [6.07, 6.45) is 4.33. The number of H-pyrrole nitrogens is 2. The van der Waals surface area contributed by atoms with E-state index in [4.69, 9.17) is 15.2 Å². The number of nitrogens with two attached hydrogens (primary N) is 1. The van der Waals surface area contributed by atoms with Crippen LogP contribution in [0.5, 0.6) is 6.01 Å². The highest BCUT2D eigenvalue weighted by molar-refractivity contribution is 5.79. The van der Waals surface area contributed by atoms with Crippen LogP contribution in [0.25, 0.3) is 11.2 Å². The van der Waals surface area contributed by atoms with Crippen LogP contribution in [-0.2, 0) is 33.8 Å². The summed E-state index contributed by atoms with van der Waals surface area (Å²) in [7, 11) is 1.36. The number of likely N-dealkylation sites (tertiary alicyclic amines) is 1. The zero-order valence-electron chi connectivity index (χ0n) is 24.4. The number of anilines is 1. The zero-order valence-corrected chi connectivity index (χ0v) is 24.4. The van der Waals surface area contributed by atoms with Gasteiger partial charge in [0.2, 0.25) is 11.7 Å². The Balaban J connectivity index is 1.48. The third-order valence-corrected chi connectivity index (χ3v) is 7.61. The highest BCUT2D eigenvalue weighted by Gasteiger charge is 2.28. The smallest absolute Gasteiger partial charge is 0.433 e. The third kappa shape index (κ3) is 7.85. The van der Waals surface area contributed by atoms with Crippen molar-refractivity contribution < 1.29 is 29.2 Å². The first-order valence-electron chi connectivity index (χ1n) is 14.5. The third-order valence-electron chi connectivity index (χ3n) is 7.61. The highest BCUT2D eigenvalue weighted by Crippen LogP contribution is 2.18. The normalized spacial score (nSPS) is 15.3. The first-order valence-corrected chi connectivity index (χ1v) is 14.5. The molecule has 1 aromatic carbocycles. The monoisotopic (exact) mass is 584 g/mol. The fourth-order valence-corrected chi connectivity index (χ4v) is 5.19. The summed E-state index contributed by atoms with van der Waals surface area (Å²) in [5.41, 5.74) is 8.41. The van der Waals surface area contributed by atoms with Crippen molar-refractivity contribution in [1.82, 2.24) is 24.3 Å². The van der Waals surface area contributed by atoms with Gasteiger partial charge in [0.1, 0.15) is 0 Å². The van der Waals surface area contributed by atoms with Crippen LogP contribution in [-0.4, -0.2) is 87.3 Å². The molecule has 42 heavy (non-hydrogen) atoms. The number of unbranched alkanes of at least 4 members (excludes halogenated alkanes) is 1. The second-order valence-corrected chi connectivity index (χ2v) is 10.6. The van der Waals surface area contributed by atoms with Crippen LogP contribution in [0.3, 0.4) is 0 Å². The number of nitrogens with zero attached hydrogens (tertiary/aromatic N) is 4. The Kier molecular flexibility index (Phi) is 10.9. The van der Waals surface area contributed by atoms with E-state index in [2.05, 4.69) is 21.9 Å². The lowest BCUT2D eigenvalue weighted by Gasteiger charge is -2.28. The predicted octanol–water partition coefficient (Wildman–Crippen LogP) is 0.891. The largest absolute Gasteiger partial charge is 0.469 e. The minimum absolute atomic E-state index is 0.0125. The number of esters is 1. The number of aryl methyl sites for hydroxylation is 1. The summed E-state index contributed by atoms with van der Waals surface area (Å²) in [6.45, 7) is 4.66. The predicted molar refractivity (Wildman–Crippen MR) is 156 cm³/mol. The molecule has 13 nitrogen and oxygen atoms in total. The molecule has 1 aliphatic heterocycles. The average Bonchev–Trinajstić information content (AvgIpc) is 3.56. The van der Waals surface area contributed by atoms with Crippen molar-refractivity contribution in [2.45, 2.75) is 64.6 Å². The standard InChI is InChI=1S/C29H41N7O6/c1-3-4-15-42-28-32-26(30)25-27(33-28)36(29(40)31-25)14-6-13-35(23(38)18-34-12-5-7-22(34)19-37)17-21-10-8-20(9-11-21)16-24(39)41-2/h8-11,22,37H,3-7,12-19H2,1-2H3,(H,31,40)(H2,30,32,33)/p+1/t22-/m0/s1. The van der Waals surface area contributed by atoms with E-state index in [1.165, 1.54) is 7.11 Å². The molecule has 4 rings (SSSR count). The van der Waals surface area contributed by atoms with Gasteiger partial charge in [0.15, 0.2) is 5.52 Å². The Labute approximate surface area is 244 Å². The van der Waals surface area contributed by atoms with Crippen molar-refractivity contribution in [3.05, 3.63) is 45.9 Å². The Morgan fingerprint density at radius 1 is 1.24 bits per heavy atom. The quantitative estimate of drug-likeness (QED) is 0.173. The van der Waals surface area contributed by atoms with Crippen molar-refractivity contribution >= 4 is 28.9 Å². The van der Waals surface area contributed by atoms with E-state index in [-0.39, 0.29) is 55.0 Å². The van der Waals surface area contributed by atoms with Gasteiger partial charge in [0, 0.05) is 19.1 Å². The number of hydrogen-bond donors (Lipinski definition) is 3. The van der Waals surface area contributed by atoms with Crippen molar-refractivity contribution in [2.75, 3.05) is 45.7 Å². The van der Waals surface area contributed by atoms with Crippen LogP contribution in [0.15, 0.2) is 29.1 Å². The summed E-state index contributed by atoms with van der Waals surface area (Å²) in [5.74, 6) is -0.194. The SMILES string of the molecule is CCCCOc1nc(N)c2[nH]c(=O)n(CCCN(Cc3ccc(CC(=O)OC)cc3)C(=O)CN3CCC[C@H]3CO)c2[nH+]1. The summed E-state index contributed by atoms with van der Waals surface area (Å²) in [4.78, 5) is 51.8. The molecule has 0 bridgehead atoms. The van der Waals surface area contributed by atoms with Gasteiger partial charge in [0.05, 0.1) is 39.8 Å². The van der Waals surface area contributed by atoms with E-state index in [0.29, 0.717) is 43.8 Å². The number of aliphatic hydroxyl groups is 1. The van der Waals surface area contributed by atoms with Crippen molar-refractivity contribution in [3.63, 3.8) is 0 Å². The number of aromatic nitrogens is 4. The van der Waals surface area contributed by atoms with Gasteiger partial charge in [-0.05, 0) is 48.3 Å². The topological polar surface area (TPSA) is 170 Å². The van der Waals surface area contributed by atoms with Crippen LogP contribution in [0, 0.1) is 0 Å². The zero-order chi connectivity index (χ0) is 30.1. The number of methoxy groups -OCH3 is 1. The number of aliphatic hydroxyl groups excluding tert-OH is 1. The molecule has 1 fully saturated rings. The molecule has 0 saturated carbocycles. The fourth-order valence-electron chi connectivity index (χ4n) is 5.19. The molecule has 2 aromatic heterocycles. The molecule has 0 spiro atoms. The summed E-state index contributed by atoms with van der Waals surface area (Å²) in [5, 5.41) is 9.73. The number of fused-ring (bicyclic) bond motifs is 1. The molecule has 3 aromatic rings. The summed E-state index contributed by atoms with van der Waals surface area (Å²) in [6, 6.07) is 7.76. The second kappa shape index (κ2) is 14.8. The molecule has 13 heteroatoms. The van der Waals surface area contributed by atoms with Gasteiger partial charge < -0.3 is 25.2 Å². The van der Waals surface area contributed by atoms with Gasteiger partial charge in [-0.3, -0.25) is 19.5 Å². The Morgan fingerprint density at radius 2 is 2.00 bits per heavy atom. The lowest BCUT2D eigenvalue weighted by molar-refractivity contribution is -0.372. The average molecular weight is 585 g/mol. The fraction of sp³-hybridized carbons (Fsp3) is 0.552. The van der Waals surface area contributed by atoms with Crippen LogP contribution in [0.2, 0.25) is 0 Å². The van der Waals surface area contributed by atoms with E-state index in [0.717, 1.165) is 43.4 Å². The van der Waals surface area contributed by atoms with E-state index in [1.54, 1.807) is 9.47 Å². The number of aromatic amines is 2. The van der Waals surface area contributed by atoms with E-state index in [1.807, 2.05) is 29.2 Å². The van der Waals surface area contributed by atoms with E-state index in [9.17, 15) is 19.5 Å². The minimum Gasteiger partial charge on any atom is -0.469 e. The number of rotatable bonds is 15. The lowest BCUT2D eigenvalue weighted by Crippen LogP contribution is -2.43. The molecule has 1 amide bonds. The number of ether oxygens (including phenoxy) is 2. The Bertz CT molecular complexity index is 1400. The highest BCUT2D eigenvalue weighted by atomic mass is 16.5. The number of imidazole rings is 1. The number of amides is 1. The molecular formula is C29H42N7O6+. The summed E-state index contributed by atoms with van der Waals surface area (Å²) >= 11 is 0. The van der Waals surface area contributed by atoms with Crippen molar-refractivity contribution in [2.24, 2.45) is 0 Å². The molecular weight excluding hydrogens is 542 g/mol. The number of carbonyl (C=O) groups is 2. The van der Waals surface area contributed by atoms with Crippen molar-refractivity contribution in [3.8, 4) is 6.01 Å². The molecule has 1 saturated heterocycles. The number of benzene rings is 1. The maximum Gasteiger partial charge on any atom is 0.433 e. The van der Waals surface area contributed by atoms with E-state index >= 15 is 0 Å². The van der Waals surface area contributed by atoms with Crippen LogP contribution in [0.4, 0.5) is 5.82 Å². The van der Waals surface area contributed by atoms with Gasteiger partial charge in [0.25, 0.3) is 5.65 Å². The maximum absolute atomic E-state index is 13.5. The van der Waals surface area contributed by atoms with Crippen molar-refractivity contribution in [1.29, 1.82) is 0 Å². The number of hydrogen-bond acceptors (Lipinski definition) is 9. The van der Waals surface area contributed by atoms with Gasteiger partial charge in [-0.2, -0.15) is 0 Å². The molecule has 228 valence electrons. The van der Waals surface area contributed by atoms with Crippen LogP contribution < -0.4 is 21.1 Å². The van der Waals surface area contributed by atoms with Gasteiger partial charge in [-0.15, -0.1) is 0 Å². The minimum atomic E-state index is -0.331. The maximum atomic E-state index is 13.5. The molecule has 1 aliphatic rings. The molecule has 0 radical (unpaired) electrons.